The maximum absolute atomic E-state index is 13.6. The Morgan fingerprint density at radius 3 is 0.931 bits per heavy atom. The van der Waals surface area contributed by atoms with Crippen molar-refractivity contribution in [1.82, 2.24) is 5.32 Å². The number of nitrogens with one attached hydrogen (secondary N) is 1. The number of aliphatic hydroxyl groups is 11. The summed E-state index contributed by atoms with van der Waals surface area (Å²) in [4.78, 5) is 13.6. The highest BCUT2D eigenvalue weighted by Gasteiger charge is 2.54. The molecule has 0 aromatic rings. The third kappa shape index (κ3) is 53.7. The van der Waals surface area contributed by atoms with Gasteiger partial charge in [-0.1, -0.05) is 422 Å². The zero-order valence-corrected chi connectivity index (χ0v) is 74.0. The molecule has 3 rings (SSSR count). The molecule has 3 aliphatic heterocycles. The maximum atomic E-state index is 13.6. The molecule has 3 heterocycles. The molecule has 12 N–H and O–H groups in total. The van der Waals surface area contributed by atoms with Crippen molar-refractivity contribution in [1.29, 1.82) is 0 Å². The number of hydrogen-bond donors (Lipinski definition) is 12. The van der Waals surface area contributed by atoms with Crippen molar-refractivity contribution >= 4 is 5.91 Å². The molecule has 17 unspecified atom stereocenters. The predicted octanol–water partition coefficient (Wildman–Crippen LogP) is 19.9. The molecule has 3 aliphatic rings. The van der Waals surface area contributed by atoms with Crippen molar-refractivity contribution in [3.63, 3.8) is 0 Å². The van der Waals surface area contributed by atoms with Crippen LogP contribution < -0.4 is 5.32 Å². The van der Waals surface area contributed by atoms with E-state index in [2.05, 4.69) is 67.8 Å². The van der Waals surface area contributed by atoms with Crippen molar-refractivity contribution in [2.45, 2.75) is 535 Å². The molecule has 19 nitrogen and oxygen atoms in total. The van der Waals surface area contributed by atoms with E-state index in [0.717, 1.165) is 70.6 Å². The van der Waals surface area contributed by atoms with Crippen LogP contribution >= 0.6 is 0 Å². The molecule has 3 saturated heterocycles. The van der Waals surface area contributed by atoms with Crippen LogP contribution in [0.2, 0.25) is 0 Å². The number of carbonyl (C=O) groups is 1. The van der Waals surface area contributed by atoms with E-state index >= 15 is 0 Å². The van der Waals surface area contributed by atoms with Gasteiger partial charge in [0.1, 0.15) is 73.2 Å². The molecule has 19 heteroatoms. The fourth-order valence-corrected chi connectivity index (χ4v) is 16.7. The van der Waals surface area contributed by atoms with Gasteiger partial charge in [-0.3, -0.25) is 4.79 Å². The summed E-state index contributed by atoms with van der Waals surface area (Å²) >= 11 is 0. The Hall–Kier alpha value is -2.25. The van der Waals surface area contributed by atoms with Gasteiger partial charge in [0.2, 0.25) is 5.91 Å². The van der Waals surface area contributed by atoms with E-state index in [9.17, 15) is 61.0 Å². The molecule has 3 fully saturated rings. The third-order valence-electron chi connectivity index (χ3n) is 24.4. The molecule has 0 bridgehead atoms. The molecule has 0 aromatic heterocycles. The minimum Gasteiger partial charge on any atom is -0.394 e. The Labute approximate surface area is 707 Å². The number of unbranched alkanes of at least 4 members (excludes halogenated alkanes) is 57. The molecule has 1 amide bonds. The lowest BCUT2D eigenvalue weighted by Crippen LogP contribution is -2.66. The van der Waals surface area contributed by atoms with Crippen LogP contribution in [0.3, 0.4) is 0 Å². The van der Waals surface area contributed by atoms with Crippen LogP contribution in [-0.2, 0) is 33.2 Å². The number of carbonyl (C=O) groups excluding carboxylic acids is 1. The van der Waals surface area contributed by atoms with Crippen molar-refractivity contribution in [3.8, 4) is 0 Å². The van der Waals surface area contributed by atoms with Gasteiger partial charge in [-0.25, -0.2) is 0 Å². The quantitative estimate of drug-likeness (QED) is 0.0199. The summed E-state index contributed by atoms with van der Waals surface area (Å²) in [5.41, 5.74) is 0. The van der Waals surface area contributed by atoms with Gasteiger partial charge < -0.3 is 89.9 Å². The van der Waals surface area contributed by atoms with E-state index in [-0.39, 0.29) is 18.9 Å². The molecule has 0 radical (unpaired) electrons. The summed E-state index contributed by atoms with van der Waals surface area (Å²) in [5, 5.41) is 122. The molecule has 682 valence electrons. The van der Waals surface area contributed by atoms with Crippen LogP contribution in [0.15, 0.2) is 48.6 Å². The summed E-state index contributed by atoms with van der Waals surface area (Å²) in [6.07, 6.45) is 73.9. The summed E-state index contributed by atoms with van der Waals surface area (Å²) in [6.45, 7) is 1.77. The predicted molar refractivity (Wildman–Crippen MR) is 471 cm³/mol. The lowest BCUT2D eigenvalue weighted by Gasteiger charge is -2.48. The highest BCUT2D eigenvalue weighted by molar-refractivity contribution is 5.76. The van der Waals surface area contributed by atoms with Crippen LogP contribution in [0.1, 0.15) is 431 Å². The van der Waals surface area contributed by atoms with E-state index in [1.807, 2.05) is 0 Å². The minimum absolute atomic E-state index is 0.232. The van der Waals surface area contributed by atoms with Crippen molar-refractivity contribution in [2.24, 2.45) is 0 Å². The van der Waals surface area contributed by atoms with E-state index in [0.29, 0.717) is 12.8 Å². The first-order valence-electron chi connectivity index (χ1n) is 48.9. The number of amides is 1. The Morgan fingerprint density at radius 1 is 0.319 bits per heavy atom. The molecule has 0 saturated carbocycles. The first-order chi connectivity index (χ1) is 56.8. The van der Waals surface area contributed by atoms with Gasteiger partial charge in [0.15, 0.2) is 18.9 Å². The van der Waals surface area contributed by atoms with Gasteiger partial charge in [-0.05, 0) is 51.4 Å². The molecular weight excluding hydrogens is 1470 g/mol. The lowest BCUT2D eigenvalue weighted by molar-refractivity contribution is -0.379. The van der Waals surface area contributed by atoms with E-state index in [1.54, 1.807) is 0 Å². The third-order valence-corrected chi connectivity index (χ3v) is 24.4. The highest BCUT2D eigenvalue weighted by atomic mass is 16.8. The van der Waals surface area contributed by atoms with Crippen molar-refractivity contribution in [2.75, 3.05) is 26.4 Å². The van der Waals surface area contributed by atoms with Gasteiger partial charge in [0.25, 0.3) is 0 Å². The van der Waals surface area contributed by atoms with Crippen LogP contribution in [0.25, 0.3) is 0 Å². The number of aliphatic hydroxyl groups excluding tert-OH is 11. The number of hydrogen-bond acceptors (Lipinski definition) is 18. The number of allylic oxidation sites excluding steroid dienone is 8. The molecule has 0 spiro atoms. The summed E-state index contributed by atoms with van der Waals surface area (Å²) < 4.78 is 34.7. The molecule has 116 heavy (non-hydrogen) atoms. The van der Waals surface area contributed by atoms with Crippen LogP contribution in [0.4, 0.5) is 0 Å². The summed E-state index contributed by atoms with van der Waals surface area (Å²) in [6, 6.07) is -0.888. The average molecular weight is 1650 g/mol. The highest BCUT2D eigenvalue weighted by Crippen LogP contribution is 2.34. The Bertz CT molecular complexity index is 2280. The smallest absolute Gasteiger partial charge is 0.220 e. The zero-order valence-electron chi connectivity index (χ0n) is 74.0. The summed E-state index contributed by atoms with van der Waals surface area (Å²) in [7, 11) is 0. The second-order valence-corrected chi connectivity index (χ2v) is 34.9. The first kappa shape index (κ1) is 108. The zero-order chi connectivity index (χ0) is 83.8. The number of rotatable bonds is 81. The normalized spacial score (nSPS) is 24.6. The topological polar surface area (TPSA) is 307 Å². The Kier molecular flexibility index (Phi) is 71.1. The van der Waals surface area contributed by atoms with Gasteiger partial charge in [-0.2, -0.15) is 0 Å². The van der Waals surface area contributed by atoms with E-state index in [1.165, 1.54) is 327 Å². The van der Waals surface area contributed by atoms with Gasteiger partial charge in [0.05, 0.1) is 38.6 Å². The molecule has 0 aromatic carbocycles. The van der Waals surface area contributed by atoms with E-state index in [4.69, 9.17) is 28.4 Å². The average Bonchev–Trinajstić information content (AvgIpc) is 0.783. The Balaban J connectivity index is 1.27. The largest absolute Gasteiger partial charge is 0.394 e. The monoisotopic (exact) mass is 1650 g/mol. The van der Waals surface area contributed by atoms with Crippen molar-refractivity contribution in [3.05, 3.63) is 48.6 Å². The summed E-state index contributed by atoms with van der Waals surface area (Å²) in [5.74, 6) is -0.232. The fraction of sp³-hybridized carbons (Fsp3) is 0.907. The lowest BCUT2D eigenvalue weighted by atomic mass is 9.96. The van der Waals surface area contributed by atoms with Gasteiger partial charge in [-0.15, -0.1) is 0 Å². The Morgan fingerprint density at radius 2 is 0.595 bits per heavy atom. The maximum Gasteiger partial charge on any atom is 0.220 e. The minimum atomic E-state index is -1.97. The van der Waals surface area contributed by atoms with Gasteiger partial charge >= 0.3 is 0 Å². The second-order valence-electron chi connectivity index (χ2n) is 34.9. The fourth-order valence-electron chi connectivity index (χ4n) is 16.7. The van der Waals surface area contributed by atoms with Gasteiger partial charge in [0, 0.05) is 6.42 Å². The van der Waals surface area contributed by atoms with E-state index < -0.39 is 124 Å². The first-order valence-corrected chi connectivity index (χ1v) is 48.9. The number of ether oxygens (including phenoxy) is 6. The van der Waals surface area contributed by atoms with Crippen LogP contribution in [-0.4, -0.2) is 193 Å². The second kappa shape index (κ2) is 76.4. The SMILES string of the molecule is CC/C=C\C/C=C\C/C=C\C/C=C\CCCCCCCCCCCCCCCCCCCCCCCCCCCCCCC(=O)NC(COC1OC(CO)C(OC2OC(CO)C(OC3OC(CO)C(O)C(O)C3O)C(O)C2O)C(O)C1O)C(O)CCCCCCCCCCCCCCCCCCCCCCCCCCCCCCCC. The standard InChI is InChI=1S/C97H181NO18/c1-3-5-7-9-11-13-15-17-19-21-23-25-27-29-31-33-35-36-37-38-39-40-41-42-43-44-45-47-49-51-53-55-57-59-61-63-65-67-69-71-73-75-85(103)98-80(81(102)74-72-70-68-66-64-62-60-58-56-54-52-50-48-46-34-32-30-28-26-24-22-20-18-16-14-12-10-8-6-4-2)79-111-95-91(109)88(106)93(83(77-100)113-95)116-97-92(110)89(107)94(84(78-101)114-97)115-96-90(108)87(105)86(104)82(76-99)112-96/h5,7,11,13,17,19,23,25,80-84,86-97,99-102,104-110H,3-4,6,8-10,12,14-16,18,20-22,24,26-79H2,1-2H3,(H,98,103)/b7-5-,13-11-,19-17-,25-23-. The molecule has 0 aliphatic carbocycles. The van der Waals surface area contributed by atoms with Crippen molar-refractivity contribution < 1.29 is 89.4 Å². The molecular formula is C97H181NO18. The van der Waals surface area contributed by atoms with Crippen LogP contribution in [0, 0.1) is 0 Å². The molecule has 17 atom stereocenters. The van der Waals surface area contributed by atoms with Crippen LogP contribution in [0.5, 0.6) is 0 Å².